The predicted molar refractivity (Wildman–Crippen MR) is 124 cm³/mol. The number of hydrogen-bond donors (Lipinski definition) is 3. The normalized spacial score (nSPS) is 17.9. The van der Waals surface area contributed by atoms with E-state index in [9.17, 15) is 18.7 Å². The number of thioether (sulfide) groups is 1. The van der Waals surface area contributed by atoms with Crippen LogP contribution in [0.25, 0.3) is 0 Å². The van der Waals surface area contributed by atoms with Crippen molar-refractivity contribution in [2.75, 3.05) is 19.3 Å². The number of aliphatic imine (C=N–C) groups is 1. The number of nitrogens with zero attached hydrogens (tertiary/aromatic N) is 1. The molecular weight excluding hydrogens is 420 g/mol. The number of carbonyl (C=O) groups is 1. The largest absolute Gasteiger partial charge is 0.390 e. The van der Waals surface area contributed by atoms with Gasteiger partial charge in [-0.1, -0.05) is 20.8 Å². The fourth-order valence-electron chi connectivity index (χ4n) is 3.46. The first-order valence-corrected chi connectivity index (χ1v) is 11.9. The molecule has 2 rings (SSSR count). The fraction of sp³-hybridized carbons (Fsp3) is 0.652. The molecule has 1 aliphatic carbocycles. The molecule has 1 fully saturated rings. The van der Waals surface area contributed by atoms with Crippen molar-refractivity contribution in [2.24, 2.45) is 10.4 Å². The number of halogens is 2. The summed E-state index contributed by atoms with van der Waals surface area (Å²) in [6.07, 6.45) is 4.07. The van der Waals surface area contributed by atoms with Crippen LogP contribution >= 0.6 is 11.8 Å². The van der Waals surface area contributed by atoms with E-state index in [1.807, 2.05) is 6.26 Å². The lowest BCUT2D eigenvalue weighted by molar-refractivity contribution is -0.120. The van der Waals surface area contributed by atoms with Crippen molar-refractivity contribution in [3.63, 3.8) is 0 Å². The Morgan fingerprint density at radius 1 is 1.26 bits per heavy atom. The molecule has 0 radical (unpaired) electrons. The van der Waals surface area contributed by atoms with E-state index in [1.165, 1.54) is 19.1 Å². The van der Waals surface area contributed by atoms with Gasteiger partial charge in [0.25, 0.3) is 0 Å². The van der Waals surface area contributed by atoms with Crippen molar-refractivity contribution in [2.45, 2.75) is 71.1 Å². The summed E-state index contributed by atoms with van der Waals surface area (Å²) in [5.41, 5.74) is 0.365. The molecule has 0 saturated heterocycles. The number of carbonyl (C=O) groups excluding carboxylic acids is 1. The van der Waals surface area contributed by atoms with Crippen molar-refractivity contribution in [1.29, 1.82) is 0 Å². The van der Waals surface area contributed by atoms with E-state index < -0.39 is 23.8 Å². The highest BCUT2D eigenvalue weighted by molar-refractivity contribution is 8.13. The van der Waals surface area contributed by atoms with Crippen LogP contribution in [0.2, 0.25) is 0 Å². The van der Waals surface area contributed by atoms with Crippen molar-refractivity contribution in [1.82, 2.24) is 10.6 Å². The van der Waals surface area contributed by atoms with Crippen molar-refractivity contribution >= 4 is 22.7 Å². The minimum Gasteiger partial charge on any atom is -0.390 e. The van der Waals surface area contributed by atoms with Gasteiger partial charge in [0.15, 0.2) is 0 Å². The van der Waals surface area contributed by atoms with Crippen LogP contribution in [0.5, 0.6) is 0 Å². The monoisotopic (exact) mass is 455 g/mol. The summed E-state index contributed by atoms with van der Waals surface area (Å²) in [7, 11) is 0. The van der Waals surface area contributed by atoms with Crippen LogP contribution in [-0.4, -0.2) is 53.1 Å². The second-order valence-electron chi connectivity index (χ2n) is 9.52. The van der Waals surface area contributed by atoms with E-state index >= 15 is 0 Å². The zero-order chi connectivity index (χ0) is 23.2. The van der Waals surface area contributed by atoms with Crippen molar-refractivity contribution < 1.29 is 18.7 Å². The van der Waals surface area contributed by atoms with Crippen LogP contribution in [0.1, 0.15) is 52.5 Å². The topological polar surface area (TPSA) is 73.7 Å². The number of amides is 1. The highest BCUT2D eigenvalue weighted by atomic mass is 32.2. The predicted octanol–water partition coefficient (Wildman–Crippen LogP) is 3.69. The minimum atomic E-state index is -0.926. The van der Waals surface area contributed by atoms with Crippen molar-refractivity contribution in [3.05, 3.63) is 35.4 Å². The van der Waals surface area contributed by atoms with Gasteiger partial charge in [-0.3, -0.25) is 9.79 Å². The minimum absolute atomic E-state index is 0.124. The molecule has 3 N–H and O–H groups in total. The Bertz CT molecular complexity index is 771. The van der Waals surface area contributed by atoms with Gasteiger partial charge < -0.3 is 15.7 Å². The number of nitrogens with one attached hydrogen (secondary N) is 2. The third-order valence-corrected chi connectivity index (χ3v) is 6.26. The maximum Gasteiger partial charge on any atom is 0.217 e. The van der Waals surface area contributed by atoms with Gasteiger partial charge in [0.05, 0.1) is 22.7 Å². The number of hydrogen-bond acceptors (Lipinski definition) is 5. The molecule has 0 bridgehead atoms. The smallest absolute Gasteiger partial charge is 0.217 e. The zero-order valence-electron chi connectivity index (χ0n) is 19.1. The van der Waals surface area contributed by atoms with E-state index in [-0.39, 0.29) is 29.8 Å². The average molecular weight is 456 g/mol. The Balaban J connectivity index is 2.03. The molecule has 1 saturated carbocycles. The summed E-state index contributed by atoms with van der Waals surface area (Å²) in [6.45, 7) is 8.92. The molecule has 5 nitrogen and oxygen atoms in total. The highest BCUT2D eigenvalue weighted by Gasteiger charge is 2.47. The van der Waals surface area contributed by atoms with Gasteiger partial charge in [0.1, 0.15) is 11.6 Å². The molecular formula is C23H35F2N3O2S. The molecule has 0 aliphatic heterocycles. The second-order valence-corrected chi connectivity index (χ2v) is 10.3. The molecule has 1 aromatic carbocycles. The third-order valence-electron chi connectivity index (χ3n) is 5.35. The van der Waals surface area contributed by atoms with Crippen LogP contribution in [0.4, 0.5) is 8.78 Å². The summed E-state index contributed by atoms with van der Waals surface area (Å²) >= 11 is 1.62. The molecule has 0 spiro atoms. The average Bonchev–Trinajstić information content (AvgIpc) is 3.41. The second kappa shape index (κ2) is 10.9. The molecule has 174 valence electrons. The molecule has 1 amide bonds. The molecule has 2 atom stereocenters. The summed E-state index contributed by atoms with van der Waals surface area (Å²) in [5, 5.41) is 17.9. The molecule has 1 aromatic rings. The summed E-state index contributed by atoms with van der Waals surface area (Å²) in [4.78, 5) is 16.4. The quantitative estimate of drug-likeness (QED) is 0.372. The summed E-state index contributed by atoms with van der Waals surface area (Å²) in [5.74, 6) is -1.68. The van der Waals surface area contributed by atoms with Gasteiger partial charge in [0, 0.05) is 26.1 Å². The Morgan fingerprint density at radius 3 is 2.35 bits per heavy atom. The fourth-order valence-corrected chi connectivity index (χ4v) is 4.35. The van der Waals surface area contributed by atoms with Crippen LogP contribution in [0.15, 0.2) is 23.2 Å². The molecule has 2 unspecified atom stereocenters. The maximum absolute atomic E-state index is 13.5. The SMILES string of the molecule is CSC(=NCCC(C)(C)C)C1(NCC(O)C(Cc2cc(F)cc(F)c2)NC(C)=O)CC1. The lowest BCUT2D eigenvalue weighted by Crippen LogP contribution is -2.51. The molecule has 8 heteroatoms. The first kappa shape index (κ1) is 25.7. The Morgan fingerprint density at radius 2 is 1.87 bits per heavy atom. The molecule has 0 aromatic heterocycles. The van der Waals surface area contributed by atoms with E-state index in [2.05, 4.69) is 31.4 Å². The van der Waals surface area contributed by atoms with Gasteiger partial charge in [-0.05, 0) is 55.1 Å². The van der Waals surface area contributed by atoms with Gasteiger partial charge >= 0.3 is 0 Å². The van der Waals surface area contributed by atoms with Gasteiger partial charge in [-0.2, -0.15) is 0 Å². The van der Waals surface area contributed by atoms with E-state index in [4.69, 9.17) is 4.99 Å². The Labute approximate surface area is 188 Å². The first-order chi connectivity index (χ1) is 14.4. The highest BCUT2D eigenvalue weighted by Crippen LogP contribution is 2.40. The lowest BCUT2D eigenvalue weighted by Gasteiger charge is -2.27. The van der Waals surface area contributed by atoms with Gasteiger partial charge in [0.2, 0.25) is 5.91 Å². The van der Waals surface area contributed by atoms with Crippen LogP contribution < -0.4 is 10.6 Å². The van der Waals surface area contributed by atoms with E-state index in [0.717, 1.165) is 36.9 Å². The van der Waals surface area contributed by atoms with Crippen LogP contribution in [0, 0.1) is 17.0 Å². The number of benzene rings is 1. The number of aliphatic hydroxyl groups is 1. The van der Waals surface area contributed by atoms with E-state index in [1.54, 1.807) is 11.8 Å². The van der Waals surface area contributed by atoms with Gasteiger partial charge in [-0.25, -0.2) is 8.78 Å². The van der Waals surface area contributed by atoms with Gasteiger partial charge in [-0.15, -0.1) is 11.8 Å². The summed E-state index contributed by atoms with van der Waals surface area (Å²) in [6, 6.07) is 2.56. The molecule has 0 heterocycles. The van der Waals surface area contributed by atoms with Crippen molar-refractivity contribution in [3.8, 4) is 0 Å². The molecule has 31 heavy (non-hydrogen) atoms. The standard InChI is InChI=1S/C23H35F2N3O2S/c1-15(29)28-19(12-16-10-17(24)13-18(25)11-16)20(30)14-27-23(6-7-23)21(31-5)26-9-8-22(2,3)4/h10-11,13,19-20,27,30H,6-9,12,14H2,1-5H3,(H,28,29). The van der Waals surface area contributed by atoms with E-state index in [0.29, 0.717) is 5.56 Å². The lowest BCUT2D eigenvalue weighted by atomic mass is 9.92. The first-order valence-electron chi connectivity index (χ1n) is 10.7. The number of β-amino-alcohol motifs (C(OH)–C–C–N with tert-alkyl or cyclic N) is 1. The number of rotatable bonds is 10. The third kappa shape index (κ3) is 8.50. The van der Waals surface area contributed by atoms with Crippen LogP contribution in [0.3, 0.4) is 0 Å². The zero-order valence-corrected chi connectivity index (χ0v) is 19.9. The molecule has 1 aliphatic rings. The number of aliphatic hydroxyl groups excluding tert-OH is 1. The Hall–Kier alpha value is -1.51. The van der Waals surface area contributed by atoms with Crippen LogP contribution in [-0.2, 0) is 11.2 Å². The maximum atomic E-state index is 13.5. The summed E-state index contributed by atoms with van der Waals surface area (Å²) < 4.78 is 27.1. The Kier molecular flexibility index (Phi) is 9.03.